The second-order valence-corrected chi connectivity index (χ2v) is 4.54. The Morgan fingerprint density at radius 1 is 1.41 bits per heavy atom. The summed E-state index contributed by atoms with van der Waals surface area (Å²) in [6.07, 6.45) is 1.92. The van der Waals surface area contributed by atoms with Gasteiger partial charge in [-0.25, -0.2) is 0 Å². The van der Waals surface area contributed by atoms with Crippen LogP contribution >= 0.6 is 0 Å². The molecule has 0 amide bonds. The normalized spacial score (nSPS) is 18.5. The van der Waals surface area contributed by atoms with E-state index in [4.69, 9.17) is 5.11 Å². The van der Waals surface area contributed by atoms with E-state index in [9.17, 15) is 9.90 Å². The fourth-order valence-electron chi connectivity index (χ4n) is 2.73. The zero-order valence-electron chi connectivity index (χ0n) is 9.26. The number of phenols is 1. The smallest absolute Gasteiger partial charge is 0.305 e. The summed E-state index contributed by atoms with van der Waals surface area (Å²) in [7, 11) is 0. The van der Waals surface area contributed by atoms with Gasteiger partial charge in [0.2, 0.25) is 0 Å². The van der Waals surface area contributed by atoms with Crippen molar-refractivity contribution < 1.29 is 15.0 Å². The zero-order chi connectivity index (χ0) is 12.0. The van der Waals surface area contributed by atoms with Gasteiger partial charge in [-0.3, -0.25) is 4.79 Å². The Morgan fingerprint density at radius 3 is 3.00 bits per heavy atom. The Hall–Kier alpha value is -1.97. The predicted octanol–water partition coefficient (Wildman–Crippen LogP) is 2.31. The van der Waals surface area contributed by atoms with Gasteiger partial charge in [0.15, 0.2) is 0 Å². The first-order valence-corrected chi connectivity index (χ1v) is 5.70. The fraction of sp³-hybridized carbons (Fsp3) is 0.308. The van der Waals surface area contributed by atoms with E-state index in [-0.39, 0.29) is 18.2 Å². The Labute approximate surface area is 98.1 Å². The molecule has 17 heavy (non-hydrogen) atoms. The fourth-order valence-corrected chi connectivity index (χ4v) is 2.73. The number of carboxylic acids is 1. The van der Waals surface area contributed by atoms with Gasteiger partial charge in [-0.05, 0) is 31.0 Å². The van der Waals surface area contributed by atoms with E-state index >= 15 is 0 Å². The molecule has 0 aliphatic carbocycles. The summed E-state index contributed by atoms with van der Waals surface area (Å²) in [5.41, 5.74) is 2.10. The predicted molar refractivity (Wildman–Crippen MR) is 63.2 cm³/mol. The maximum Gasteiger partial charge on any atom is 0.305 e. The van der Waals surface area contributed by atoms with Gasteiger partial charge in [0, 0.05) is 23.2 Å². The van der Waals surface area contributed by atoms with Crippen molar-refractivity contribution in [1.29, 1.82) is 0 Å². The molecule has 4 heteroatoms. The molecule has 4 nitrogen and oxygen atoms in total. The van der Waals surface area contributed by atoms with E-state index < -0.39 is 5.97 Å². The average Bonchev–Trinajstić information content (AvgIpc) is 2.78. The molecule has 2 N–H and O–H groups in total. The Bertz CT molecular complexity index is 600. The van der Waals surface area contributed by atoms with Gasteiger partial charge >= 0.3 is 5.97 Å². The van der Waals surface area contributed by atoms with Crippen LogP contribution in [0.15, 0.2) is 24.3 Å². The highest BCUT2D eigenvalue weighted by Gasteiger charge is 2.26. The van der Waals surface area contributed by atoms with Gasteiger partial charge in [0.1, 0.15) is 5.75 Å². The minimum Gasteiger partial charge on any atom is -0.508 e. The molecule has 0 spiro atoms. The van der Waals surface area contributed by atoms with Gasteiger partial charge < -0.3 is 14.8 Å². The van der Waals surface area contributed by atoms with Crippen molar-refractivity contribution in [3.63, 3.8) is 0 Å². The molecule has 1 aromatic carbocycles. The molecule has 0 bridgehead atoms. The maximum atomic E-state index is 10.8. The number of nitrogens with zero attached hydrogens (tertiary/aromatic N) is 1. The molecule has 1 aliphatic heterocycles. The van der Waals surface area contributed by atoms with E-state index in [1.807, 2.05) is 6.07 Å². The van der Waals surface area contributed by atoms with Crippen LogP contribution < -0.4 is 0 Å². The molecule has 1 atom stereocenters. The molecular weight excluding hydrogens is 218 g/mol. The monoisotopic (exact) mass is 231 g/mol. The summed E-state index contributed by atoms with van der Waals surface area (Å²) >= 11 is 0. The summed E-state index contributed by atoms with van der Waals surface area (Å²) in [5, 5.41) is 19.5. The number of aliphatic carboxylic acids is 1. The number of aromatic hydroxyl groups is 1. The van der Waals surface area contributed by atoms with E-state index in [1.54, 1.807) is 12.1 Å². The molecule has 1 aliphatic rings. The van der Waals surface area contributed by atoms with E-state index in [0.717, 1.165) is 29.4 Å². The molecule has 1 aromatic heterocycles. The lowest BCUT2D eigenvalue weighted by Gasteiger charge is -2.12. The number of hydrogen-bond donors (Lipinski definition) is 2. The second-order valence-electron chi connectivity index (χ2n) is 4.54. The molecule has 0 fully saturated rings. The number of phenolic OH excluding ortho intramolecular Hbond substituents is 1. The Kier molecular flexibility index (Phi) is 2.11. The Balaban J connectivity index is 2.14. The van der Waals surface area contributed by atoms with Crippen molar-refractivity contribution >= 4 is 16.9 Å². The van der Waals surface area contributed by atoms with Crippen LogP contribution in [0.25, 0.3) is 10.9 Å². The van der Waals surface area contributed by atoms with Crippen molar-refractivity contribution in [2.24, 2.45) is 0 Å². The molecule has 88 valence electrons. The zero-order valence-corrected chi connectivity index (χ0v) is 9.26. The molecule has 0 saturated carbocycles. The Morgan fingerprint density at radius 2 is 2.24 bits per heavy atom. The van der Waals surface area contributed by atoms with Crippen LogP contribution in [0.2, 0.25) is 0 Å². The number of aryl methyl sites for hydroxylation is 1. The van der Waals surface area contributed by atoms with E-state index in [2.05, 4.69) is 10.6 Å². The molecule has 0 saturated heterocycles. The number of aromatic nitrogens is 1. The highest BCUT2D eigenvalue weighted by molar-refractivity contribution is 5.83. The van der Waals surface area contributed by atoms with Crippen molar-refractivity contribution in [1.82, 2.24) is 4.57 Å². The van der Waals surface area contributed by atoms with Crippen molar-refractivity contribution in [2.45, 2.75) is 25.3 Å². The van der Waals surface area contributed by atoms with Gasteiger partial charge in [-0.2, -0.15) is 0 Å². The van der Waals surface area contributed by atoms with E-state index in [1.165, 1.54) is 0 Å². The third kappa shape index (κ3) is 1.56. The second kappa shape index (κ2) is 3.52. The molecule has 0 radical (unpaired) electrons. The lowest BCUT2D eigenvalue weighted by atomic mass is 10.1. The van der Waals surface area contributed by atoms with Crippen LogP contribution in [0.1, 0.15) is 24.6 Å². The minimum atomic E-state index is -0.773. The standard InChI is InChI=1S/C13H13NO3/c15-11-4-1-8-5-9-2-3-10(6-13(16)17)14(9)12(8)7-11/h1,4-5,7,10,15H,2-3,6H2,(H,16,17). The van der Waals surface area contributed by atoms with Crippen LogP contribution in [-0.4, -0.2) is 20.7 Å². The molecular formula is C13H13NO3. The number of fused-ring (bicyclic) bond motifs is 3. The minimum absolute atomic E-state index is 0.0156. The average molecular weight is 231 g/mol. The van der Waals surface area contributed by atoms with Crippen LogP contribution in [0, 0.1) is 0 Å². The quantitative estimate of drug-likeness (QED) is 0.833. The number of carboxylic acid groups (broad SMARTS) is 1. The summed E-state index contributed by atoms with van der Waals surface area (Å²) in [4.78, 5) is 10.8. The summed E-state index contributed by atoms with van der Waals surface area (Å²) in [5.74, 6) is -0.552. The molecule has 2 aromatic rings. The van der Waals surface area contributed by atoms with Gasteiger partial charge in [-0.1, -0.05) is 0 Å². The van der Waals surface area contributed by atoms with Crippen LogP contribution in [0.4, 0.5) is 0 Å². The highest BCUT2D eigenvalue weighted by Crippen LogP contribution is 2.36. The van der Waals surface area contributed by atoms with Gasteiger partial charge in [0.05, 0.1) is 11.9 Å². The van der Waals surface area contributed by atoms with Gasteiger partial charge in [-0.15, -0.1) is 0 Å². The summed E-state index contributed by atoms with van der Waals surface area (Å²) in [6.45, 7) is 0. The molecule has 1 unspecified atom stereocenters. The summed E-state index contributed by atoms with van der Waals surface area (Å²) in [6, 6.07) is 7.33. The lowest BCUT2D eigenvalue weighted by Crippen LogP contribution is -2.09. The number of benzene rings is 1. The third-order valence-electron chi connectivity index (χ3n) is 3.41. The SMILES string of the molecule is O=C(O)CC1CCc2cc3ccc(O)cc3n21. The first kappa shape index (κ1) is 10.2. The topological polar surface area (TPSA) is 62.5 Å². The first-order chi connectivity index (χ1) is 8.15. The molecule has 3 rings (SSSR count). The van der Waals surface area contributed by atoms with Crippen LogP contribution in [0.3, 0.4) is 0 Å². The van der Waals surface area contributed by atoms with Crippen molar-refractivity contribution in [3.8, 4) is 5.75 Å². The van der Waals surface area contributed by atoms with Crippen molar-refractivity contribution in [3.05, 3.63) is 30.0 Å². The number of carbonyl (C=O) groups is 1. The van der Waals surface area contributed by atoms with Crippen molar-refractivity contribution in [2.75, 3.05) is 0 Å². The van der Waals surface area contributed by atoms with Crippen LogP contribution in [-0.2, 0) is 11.2 Å². The van der Waals surface area contributed by atoms with Crippen LogP contribution in [0.5, 0.6) is 5.75 Å². The number of hydrogen-bond acceptors (Lipinski definition) is 2. The summed E-state index contributed by atoms with van der Waals surface area (Å²) < 4.78 is 2.06. The third-order valence-corrected chi connectivity index (χ3v) is 3.41. The maximum absolute atomic E-state index is 10.8. The first-order valence-electron chi connectivity index (χ1n) is 5.70. The molecule has 2 heterocycles. The van der Waals surface area contributed by atoms with E-state index in [0.29, 0.717) is 0 Å². The largest absolute Gasteiger partial charge is 0.508 e. The highest BCUT2D eigenvalue weighted by atomic mass is 16.4. The van der Waals surface area contributed by atoms with Gasteiger partial charge in [0.25, 0.3) is 0 Å². The number of rotatable bonds is 2. The lowest BCUT2D eigenvalue weighted by molar-refractivity contribution is -0.137.